The van der Waals surface area contributed by atoms with Gasteiger partial charge >= 0.3 is 5.97 Å². The van der Waals surface area contributed by atoms with Crippen LogP contribution in [0.2, 0.25) is 0 Å². The van der Waals surface area contributed by atoms with Gasteiger partial charge in [0.2, 0.25) is 0 Å². The Kier molecular flexibility index (Phi) is 4.69. The van der Waals surface area contributed by atoms with Crippen molar-refractivity contribution in [3.8, 4) is 0 Å². The number of carboxylic acids is 1. The van der Waals surface area contributed by atoms with Crippen molar-refractivity contribution in [1.29, 1.82) is 0 Å². The number of aliphatic hydroxyl groups is 1. The van der Waals surface area contributed by atoms with Gasteiger partial charge in [-0.2, -0.15) is 0 Å². The summed E-state index contributed by atoms with van der Waals surface area (Å²) >= 11 is 0. The van der Waals surface area contributed by atoms with Crippen molar-refractivity contribution < 1.29 is 19.4 Å². The standard InChI is InChI=1S/C18H24FNO3/c19-15-3-1-13(2-4-15)17(23)14-5-9-20(10-6-14)12-18(7-8-18)11-16(21)22/h1-4,14,17,23H,5-12H2,(H,21,22). The Morgan fingerprint density at radius 1 is 1.26 bits per heavy atom. The fraction of sp³-hybridized carbons (Fsp3) is 0.611. The van der Waals surface area contributed by atoms with E-state index in [0.717, 1.165) is 50.9 Å². The van der Waals surface area contributed by atoms with Crippen LogP contribution in [0.3, 0.4) is 0 Å². The van der Waals surface area contributed by atoms with E-state index in [1.54, 1.807) is 12.1 Å². The number of carboxylic acid groups (broad SMARTS) is 1. The molecule has 5 heteroatoms. The normalized spacial score (nSPS) is 22.7. The number of aliphatic carboxylic acids is 1. The summed E-state index contributed by atoms with van der Waals surface area (Å²) in [7, 11) is 0. The summed E-state index contributed by atoms with van der Waals surface area (Å²) in [5.41, 5.74) is 0.767. The van der Waals surface area contributed by atoms with E-state index in [0.29, 0.717) is 0 Å². The van der Waals surface area contributed by atoms with Crippen molar-refractivity contribution in [3.63, 3.8) is 0 Å². The van der Waals surface area contributed by atoms with Crippen LogP contribution in [-0.4, -0.2) is 40.7 Å². The molecule has 1 aromatic rings. The highest BCUT2D eigenvalue weighted by Crippen LogP contribution is 2.49. The van der Waals surface area contributed by atoms with Crippen LogP contribution < -0.4 is 0 Å². The summed E-state index contributed by atoms with van der Waals surface area (Å²) in [6.07, 6.45) is 3.52. The third-order valence-electron chi connectivity index (χ3n) is 5.33. The number of hydrogen-bond acceptors (Lipinski definition) is 3. The minimum atomic E-state index is -0.705. The van der Waals surface area contributed by atoms with E-state index in [1.807, 2.05) is 0 Å². The fourth-order valence-electron chi connectivity index (χ4n) is 3.72. The molecule has 0 amide bonds. The summed E-state index contributed by atoms with van der Waals surface area (Å²) in [6.45, 7) is 2.65. The molecule has 1 unspecified atom stereocenters. The van der Waals surface area contributed by atoms with Gasteiger partial charge < -0.3 is 15.1 Å². The Hall–Kier alpha value is -1.46. The van der Waals surface area contributed by atoms with Crippen LogP contribution in [-0.2, 0) is 4.79 Å². The molecule has 2 fully saturated rings. The molecule has 1 atom stereocenters. The number of aliphatic hydroxyl groups excluding tert-OH is 1. The molecule has 2 aliphatic rings. The first kappa shape index (κ1) is 16.4. The predicted octanol–water partition coefficient (Wildman–Crippen LogP) is 2.83. The number of hydrogen-bond donors (Lipinski definition) is 2. The third-order valence-corrected chi connectivity index (χ3v) is 5.33. The molecule has 1 aliphatic carbocycles. The molecule has 1 saturated heterocycles. The molecular weight excluding hydrogens is 297 g/mol. The van der Waals surface area contributed by atoms with Crippen molar-refractivity contribution in [2.75, 3.05) is 19.6 Å². The van der Waals surface area contributed by atoms with E-state index in [9.17, 15) is 14.3 Å². The highest BCUT2D eigenvalue weighted by atomic mass is 19.1. The largest absolute Gasteiger partial charge is 0.481 e. The van der Waals surface area contributed by atoms with E-state index in [4.69, 9.17) is 5.11 Å². The summed E-state index contributed by atoms with van der Waals surface area (Å²) in [6, 6.07) is 6.07. The Morgan fingerprint density at radius 3 is 2.39 bits per heavy atom. The molecule has 1 heterocycles. The molecule has 4 nitrogen and oxygen atoms in total. The van der Waals surface area contributed by atoms with Gasteiger partial charge in [0.15, 0.2) is 0 Å². The van der Waals surface area contributed by atoms with Crippen LogP contribution in [0.1, 0.15) is 43.8 Å². The average molecular weight is 321 g/mol. The molecular formula is C18H24FNO3. The molecule has 0 radical (unpaired) electrons. The van der Waals surface area contributed by atoms with Gasteiger partial charge in [-0.05, 0) is 67.8 Å². The number of nitrogens with zero attached hydrogens (tertiary/aromatic N) is 1. The second-order valence-electron chi connectivity index (χ2n) is 7.18. The second kappa shape index (κ2) is 6.57. The van der Waals surface area contributed by atoms with Crippen LogP contribution in [0.15, 0.2) is 24.3 Å². The van der Waals surface area contributed by atoms with Crippen LogP contribution >= 0.6 is 0 Å². The van der Waals surface area contributed by atoms with Crippen molar-refractivity contribution in [2.45, 2.75) is 38.2 Å². The Labute approximate surface area is 135 Å². The van der Waals surface area contributed by atoms with Crippen LogP contribution in [0.5, 0.6) is 0 Å². The van der Waals surface area contributed by atoms with Crippen LogP contribution in [0.25, 0.3) is 0 Å². The lowest BCUT2D eigenvalue weighted by Gasteiger charge is -2.36. The zero-order valence-electron chi connectivity index (χ0n) is 13.2. The molecule has 0 aromatic heterocycles. The average Bonchev–Trinajstić information content (AvgIpc) is 3.26. The molecule has 0 bridgehead atoms. The Bertz CT molecular complexity index is 548. The molecule has 2 N–H and O–H groups in total. The quantitative estimate of drug-likeness (QED) is 0.846. The molecule has 1 aliphatic heterocycles. The topological polar surface area (TPSA) is 60.8 Å². The Balaban J connectivity index is 1.50. The maximum Gasteiger partial charge on any atom is 0.303 e. The van der Waals surface area contributed by atoms with Gasteiger partial charge in [-0.25, -0.2) is 4.39 Å². The minimum Gasteiger partial charge on any atom is -0.481 e. The van der Waals surface area contributed by atoms with Crippen LogP contribution in [0, 0.1) is 17.2 Å². The van der Waals surface area contributed by atoms with Crippen molar-refractivity contribution in [2.24, 2.45) is 11.3 Å². The number of benzene rings is 1. The monoisotopic (exact) mass is 321 g/mol. The van der Waals surface area contributed by atoms with Gasteiger partial charge in [0.25, 0.3) is 0 Å². The summed E-state index contributed by atoms with van der Waals surface area (Å²) < 4.78 is 13.0. The van der Waals surface area contributed by atoms with E-state index < -0.39 is 12.1 Å². The lowest BCUT2D eigenvalue weighted by Crippen LogP contribution is -2.39. The van der Waals surface area contributed by atoms with Gasteiger partial charge in [-0.1, -0.05) is 12.1 Å². The first-order chi connectivity index (χ1) is 11.0. The number of likely N-dealkylation sites (tertiary alicyclic amines) is 1. The lowest BCUT2D eigenvalue weighted by atomic mass is 9.87. The molecule has 126 valence electrons. The molecule has 0 spiro atoms. The van der Waals surface area contributed by atoms with Gasteiger partial charge in [0.1, 0.15) is 5.82 Å². The molecule has 23 heavy (non-hydrogen) atoms. The zero-order chi connectivity index (χ0) is 16.4. The van der Waals surface area contributed by atoms with Gasteiger partial charge in [0.05, 0.1) is 12.5 Å². The summed E-state index contributed by atoms with van der Waals surface area (Å²) in [5, 5.41) is 19.5. The maximum atomic E-state index is 13.0. The molecule has 1 saturated carbocycles. The van der Waals surface area contributed by atoms with Crippen molar-refractivity contribution >= 4 is 5.97 Å². The summed E-state index contributed by atoms with van der Waals surface area (Å²) in [5.74, 6) is -0.806. The molecule has 3 rings (SSSR count). The van der Waals surface area contributed by atoms with Gasteiger partial charge in [-0.15, -0.1) is 0 Å². The fourth-order valence-corrected chi connectivity index (χ4v) is 3.72. The van der Waals surface area contributed by atoms with E-state index in [2.05, 4.69) is 4.90 Å². The van der Waals surface area contributed by atoms with E-state index >= 15 is 0 Å². The number of halogens is 1. The highest BCUT2D eigenvalue weighted by Gasteiger charge is 2.46. The molecule has 1 aromatic carbocycles. The summed E-state index contributed by atoms with van der Waals surface area (Å²) in [4.78, 5) is 13.3. The van der Waals surface area contributed by atoms with E-state index in [1.165, 1.54) is 12.1 Å². The van der Waals surface area contributed by atoms with E-state index in [-0.39, 0.29) is 23.6 Å². The lowest BCUT2D eigenvalue weighted by molar-refractivity contribution is -0.138. The number of rotatable bonds is 6. The zero-order valence-corrected chi connectivity index (χ0v) is 13.2. The van der Waals surface area contributed by atoms with Crippen molar-refractivity contribution in [1.82, 2.24) is 4.90 Å². The van der Waals surface area contributed by atoms with Crippen molar-refractivity contribution in [3.05, 3.63) is 35.6 Å². The van der Waals surface area contributed by atoms with Gasteiger partial charge in [0, 0.05) is 6.54 Å². The Morgan fingerprint density at radius 2 is 1.87 bits per heavy atom. The highest BCUT2D eigenvalue weighted by molar-refractivity contribution is 5.68. The first-order valence-electron chi connectivity index (χ1n) is 8.35. The number of carbonyl (C=O) groups is 1. The maximum absolute atomic E-state index is 13.0. The first-order valence-corrected chi connectivity index (χ1v) is 8.35. The van der Waals surface area contributed by atoms with Crippen LogP contribution in [0.4, 0.5) is 4.39 Å². The minimum absolute atomic E-state index is 0.00571. The third kappa shape index (κ3) is 4.09. The predicted molar refractivity (Wildman–Crippen MR) is 84.4 cm³/mol. The second-order valence-corrected chi connectivity index (χ2v) is 7.18. The number of piperidine rings is 1. The SMILES string of the molecule is O=C(O)CC1(CN2CCC(C(O)c3ccc(F)cc3)CC2)CC1. The smallest absolute Gasteiger partial charge is 0.303 e. The van der Waals surface area contributed by atoms with Gasteiger partial charge in [-0.3, -0.25) is 4.79 Å².